The molecule has 0 aromatic carbocycles. The van der Waals surface area contributed by atoms with Crippen LogP contribution in [0.1, 0.15) is 0 Å². The van der Waals surface area contributed by atoms with Crippen LogP contribution in [0.3, 0.4) is 0 Å². The maximum atomic E-state index is 12.6. The van der Waals surface area contributed by atoms with Crippen LogP contribution < -0.4 is 0 Å². The van der Waals surface area contributed by atoms with Crippen LogP contribution in [0.4, 0.5) is 30.7 Å². The van der Waals surface area contributed by atoms with Gasteiger partial charge in [0.1, 0.15) is 0 Å². The van der Waals surface area contributed by atoms with Crippen LogP contribution >= 0.6 is 39.1 Å². The SMILES string of the molecule is FC(F)(F)C(F)(F)OC(F)(Cl)C(F)(Cl)Br. The first kappa shape index (κ1) is 15.5. The van der Waals surface area contributed by atoms with Crippen molar-refractivity contribution in [3.63, 3.8) is 0 Å². The molecule has 0 aliphatic carbocycles. The molecule has 0 heterocycles. The second kappa shape index (κ2) is 4.08. The lowest BCUT2D eigenvalue weighted by Crippen LogP contribution is -2.48. The molecule has 0 aromatic heterocycles. The predicted octanol–water partition coefficient (Wildman–Crippen LogP) is 4.28. The molecular weight excluding hydrogens is 348 g/mol. The largest absolute Gasteiger partial charge is 0.483 e. The van der Waals surface area contributed by atoms with E-state index in [2.05, 4.69) is 27.9 Å². The van der Waals surface area contributed by atoms with Gasteiger partial charge < -0.3 is 0 Å². The summed E-state index contributed by atoms with van der Waals surface area (Å²) in [5.74, 6) is 0. The van der Waals surface area contributed by atoms with Crippen LogP contribution in [0.15, 0.2) is 0 Å². The normalized spacial score (nSPS) is 22.0. The molecule has 0 radical (unpaired) electrons. The van der Waals surface area contributed by atoms with E-state index in [4.69, 9.17) is 0 Å². The average molecular weight is 348 g/mol. The van der Waals surface area contributed by atoms with Crippen LogP contribution in [0.5, 0.6) is 0 Å². The van der Waals surface area contributed by atoms with Gasteiger partial charge in [-0.2, -0.15) is 26.3 Å². The van der Waals surface area contributed by atoms with Crippen LogP contribution in [0.2, 0.25) is 0 Å². The molecule has 11 heteroatoms. The molecule has 0 rings (SSSR count). The first-order valence-corrected chi connectivity index (χ1v) is 4.35. The highest BCUT2D eigenvalue weighted by atomic mass is 79.9. The minimum Gasteiger partial charge on any atom is -0.257 e. The molecule has 92 valence electrons. The maximum absolute atomic E-state index is 12.6. The Morgan fingerprint density at radius 1 is 0.867 bits per heavy atom. The molecule has 0 spiro atoms. The zero-order valence-corrected chi connectivity index (χ0v) is 9.29. The summed E-state index contributed by atoms with van der Waals surface area (Å²) in [4.78, 5) is 0. The third-order valence-electron chi connectivity index (χ3n) is 0.916. The molecule has 2 unspecified atom stereocenters. The zero-order chi connectivity index (χ0) is 12.7. The molecule has 0 aliphatic heterocycles. The molecule has 2 atom stereocenters. The lowest BCUT2D eigenvalue weighted by Gasteiger charge is -2.29. The Hall–Kier alpha value is 0.530. The maximum Gasteiger partial charge on any atom is 0.483 e. The summed E-state index contributed by atoms with van der Waals surface area (Å²) in [6.45, 7) is 0. The molecule has 0 bridgehead atoms. The van der Waals surface area contributed by atoms with E-state index in [1.165, 1.54) is 0 Å². The smallest absolute Gasteiger partial charge is 0.257 e. The van der Waals surface area contributed by atoms with Crippen molar-refractivity contribution in [1.82, 2.24) is 0 Å². The van der Waals surface area contributed by atoms with Gasteiger partial charge in [-0.25, -0.2) is 4.39 Å². The van der Waals surface area contributed by atoms with Crippen LogP contribution in [-0.4, -0.2) is 21.6 Å². The van der Waals surface area contributed by atoms with E-state index in [0.29, 0.717) is 0 Å². The lowest BCUT2D eigenvalue weighted by atomic mass is 10.6. The highest BCUT2D eigenvalue weighted by Gasteiger charge is 2.67. The molecule has 15 heavy (non-hydrogen) atoms. The third kappa shape index (κ3) is 3.79. The van der Waals surface area contributed by atoms with Crippen molar-refractivity contribution in [3.05, 3.63) is 0 Å². The Balaban J connectivity index is 4.89. The van der Waals surface area contributed by atoms with E-state index >= 15 is 0 Å². The predicted molar refractivity (Wildman–Crippen MR) is 40.4 cm³/mol. The minimum atomic E-state index is -6.26. The lowest BCUT2D eigenvalue weighted by molar-refractivity contribution is -0.424. The molecule has 0 amide bonds. The first-order valence-electron chi connectivity index (χ1n) is 2.80. The molecule has 1 nitrogen and oxygen atoms in total. The Morgan fingerprint density at radius 3 is 1.40 bits per heavy atom. The standard InChI is InChI=1S/C4BrCl2F7O/c5-1(6,8)2(7,9)15-4(13,14)3(10,11)12. The summed E-state index contributed by atoms with van der Waals surface area (Å²) < 4.78 is 82.0. The number of hydrogen-bond donors (Lipinski definition) is 0. The number of alkyl halides is 10. The molecule has 0 saturated heterocycles. The van der Waals surface area contributed by atoms with Crippen molar-refractivity contribution in [3.8, 4) is 0 Å². The molecule has 0 N–H and O–H groups in total. The van der Waals surface area contributed by atoms with E-state index < -0.39 is 21.6 Å². The summed E-state index contributed by atoms with van der Waals surface area (Å²) in [6, 6.07) is 0. The van der Waals surface area contributed by atoms with Crippen molar-refractivity contribution in [2.24, 2.45) is 0 Å². The average Bonchev–Trinajstić information content (AvgIpc) is 1.77. The quantitative estimate of drug-likeness (QED) is 0.547. The Labute approximate surface area is 96.6 Å². The van der Waals surface area contributed by atoms with Gasteiger partial charge >= 0.3 is 21.6 Å². The number of hydrogen-bond acceptors (Lipinski definition) is 1. The fourth-order valence-electron chi connectivity index (χ4n) is 0.277. The fourth-order valence-corrected chi connectivity index (χ4v) is 0.493. The van der Waals surface area contributed by atoms with E-state index in [-0.39, 0.29) is 0 Å². The van der Waals surface area contributed by atoms with Crippen molar-refractivity contribution in [1.29, 1.82) is 0 Å². The van der Waals surface area contributed by atoms with Gasteiger partial charge in [0, 0.05) is 0 Å². The number of rotatable bonds is 3. The zero-order valence-electron chi connectivity index (χ0n) is 6.19. The molecular formula is C4BrCl2F7O. The second-order valence-corrected chi connectivity index (χ2v) is 4.69. The number of halogens is 10. The Bertz CT molecular complexity index is 210. The topological polar surface area (TPSA) is 9.23 Å². The summed E-state index contributed by atoms with van der Waals surface area (Å²) in [5.41, 5.74) is 0. The second-order valence-electron chi connectivity index (χ2n) is 2.13. The van der Waals surface area contributed by atoms with Gasteiger partial charge in [0.2, 0.25) is 0 Å². The van der Waals surface area contributed by atoms with Crippen molar-refractivity contribution >= 4 is 39.1 Å². The van der Waals surface area contributed by atoms with E-state index in [0.717, 1.165) is 0 Å². The van der Waals surface area contributed by atoms with E-state index in [1.54, 1.807) is 15.9 Å². The van der Waals surface area contributed by atoms with Gasteiger partial charge in [0.15, 0.2) is 0 Å². The van der Waals surface area contributed by atoms with Gasteiger partial charge in [-0.3, -0.25) is 4.74 Å². The third-order valence-corrected chi connectivity index (χ3v) is 2.33. The minimum absolute atomic E-state index is 1.59. The van der Waals surface area contributed by atoms with E-state index in [9.17, 15) is 30.7 Å². The summed E-state index contributed by atoms with van der Waals surface area (Å²) in [6.07, 6.45) is -12.2. The highest BCUT2D eigenvalue weighted by molar-refractivity contribution is 9.10. The fraction of sp³-hybridized carbons (Fsp3) is 1.00. The Morgan fingerprint density at radius 2 is 1.20 bits per heavy atom. The summed E-state index contributed by atoms with van der Waals surface area (Å²) >= 11 is 10.3. The molecule has 0 aromatic rings. The van der Waals surface area contributed by atoms with Gasteiger partial charge in [0.05, 0.1) is 0 Å². The molecule has 0 saturated carbocycles. The van der Waals surface area contributed by atoms with Crippen LogP contribution in [0.25, 0.3) is 0 Å². The van der Waals surface area contributed by atoms with E-state index in [1.807, 2.05) is 0 Å². The summed E-state index contributed by atoms with van der Waals surface area (Å²) in [5, 5.41) is -4.60. The van der Waals surface area contributed by atoms with Gasteiger partial charge in [-0.05, 0) is 27.5 Å². The van der Waals surface area contributed by atoms with Gasteiger partial charge in [-0.1, -0.05) is 11.6 Å². The van der Waals surface area contributed by atoms with Crippen molar-refractivity contribution < 1.29 is 35.5 Å². The highest BCUT2D eigenvalue weighted by Crippen LogP contribution is 2.49. The molecule has 0 aliphatic rings. The van der Waals surface area contributed by atoms with Crippen molar-refractivity contribution in [2.75, 3.05) is 0 Å². The Kier molecular flexibility index (Phi) is 4.23. The van der Waals surface area contributed by atoms with Crippen LogP contribution in [0, 0.1) is 0 Å². The monoisotopic (exact) mass is 346 g/mol. The van der Waals surface area contributed by atoms with Crippen LogP contribution in [-0.2, 0) is 4.74 Å². The van der Waals surface area contributed by atoms with Crippen molar-refractivity contribution in [2.45, 2.75) is 21.6 Å². The van der Waals surface area contributed by atoms with Gasteiger partial charge in [-0.15, -0.1) is 0 Å². The number of ether oxygens (including phenoxy) is 1. The molecule has 0 fully saturated rings. The first-order chi connectivity index (χ1) is 6.21. The summed E-state index contributed by atoms with van der Waals surface area (Å²) in [7, 11) is 0. The van der Waals surface area contributed by atoms with Gasteiger partial charge in [0.25, 0.3) is 0 Å².